The van der Waals surface area contributed by atoms with Gasteiger partial charge in [0.15, 0.2) is 0 Å². The minimum absolute atomic E-state index is 0.511. The third-order valence-corrected chi connectivity index (χ3v) is 4.20. The lowest BCUT2D eigenvalue weighted by Gasteiger charge is -2.21. The van der Waals surface area contributed by atoms with Gasteiger partial charge in [-0.25, -0.2) is 0 Å². The topological polar surface area (TPSA) is 29.9 Å². The van der Waals surface area contributed by atoms with Gasteiger partial charge in [-0.2, -0.15) is 5.10 Å². The monoisotopic (exact) mass is 233 g/mol. The van der Waals surface area contributed by atoms with E-state index in [4.69, 9.17) is 5.10 Å². The zero-order chi connectivity index (χ0) is 11.8. The molecule has 17 heavy (non-hydrogen) atoms. The molecule has 1 aromatic rings. The fraction of sp³-hybridized carbons (Fsp3) is 0.786. The summed E-state index contributed by atoms with van der Waals surface area (Å²) in [5.41, 5.74) is 4.58. The molecule has 1 aromatic heterocycles. The SMILES string of the molecule is CC(C)n1nc(C2CCNCC2)c2c1CCC2. The van der Waals surface area contributed by atoms with Crippen LogP contribution in [0.25, 0.3) is 0 Å². The number of rotatable bonds is 2. The van der Waals surface area contributed by atoms with Crippen molar-refractivity contribution in [1.29, 1.82) is 0 Å². The lowest BCUT2D eigenvalue weighted by Crippen LogP contribution is -2.27. The quantitative estimate of drug-likeness (QED) is 0.850. The molecule has 1 saturated heterocycles. The second-order valence-electron chi connectivity index (χ2n) is 5.73. The predicted molar refractivity (Wildman–Crippen MR) is 69.5 cm³/mol. The molecule has 0 bridgehead atoms. The van der Waals surface area contributed by atoms with Crippen LogP contribution in [-0.4, -0.2) is 22.9 Å². The average Bonchev–Trinajstić information content (AvgIpc) is 2.90. The van der Waals surface area contributed by atoms with Crippen LogP contribution in [0.4, 0.5) is 0 Å². The minimum Gasteiger partial charge on any atom is -0.317 e. The summed E-state index contributed by atoms with van der Waals surface area (Å²) in [6.45, 7) is 6.82. The summed E-state index contributed by atoms with van der Waals surface area (Å²) in [6, 6.07) is 0.511. The van der Waals surface area contributed by atoms with Crippen molar-refractivity contribution in [2.75, 3.05) is 13.1 Å². The molecule has 0 aromatic carbocycles. The summed E-state index contributed by atoms with van der Waals surface area (Å²) in [6.07, 6.45) is 6.37. The highest BCUT2D eigenvalue weighted by Crippen LogP contribution is 2.34. The van der Waals surface area contributed by atoms with Crippen LogP contribution in [-0.2, 0) is 12.8 Å². The lowest BCUT2D eigenvalue weighted by molar-refractivity contribution is 0.436. The second-order valence-corrected chi connectivity index (χ2v) is 5.73. The van der Waals surface area contributed by atoms with Crippen molar-refractivity contribution < 1.29 is 0 Å². The number of nitrogens with one attached hydrogen (secondary N) is 1. The molecule has 0 unspecified atom stereocenters. The molecular formula is C14H23N3. The van der Waals surface area contributed by atoms with Gasteiger partial charge in [-0.15, -0.1) is 0 Å². The number of piperidine rings is 1. The standard InChI is InChI=1S/C14H23N3/c1-10(2)17-13-5-3-4-12(13)14(16-17)11-6-8-15-9-7-11/h10-11,15H,3-9H2,1-2H3. The van der Waals surface area contributed by atoms with Crippen LogP contribution in [0, 0.1) is 0 Å². The zero-order valence-electron chi connectivity index (χ0n) is 11.0. The minimum atomic E-state index is 0.511. The molecular weight excluding hydrogens is 210 g/mol. The molecule has 1 N–H and O–H groups in total. The number of hydrogen-bond acceptors (Lipinski definition) is 2. The van der Waals surface area contributed by atoms with Gasteiger partial charge >= 0.3 is 0 Å². The Morgan fingerprint density at radius 3 is 2.71 bits per heavy atom. The van der Waals surface area contributed by atoms with E-state index in [0.29, 0.717) is 12.0 Å². The molecule has 3 rings (SSSR count). The Morgan fingerprint density at radius 1 is 1.24 bits per heavy atom. The molecule has 0 atom stereocenters. The first-order chi connectivity index (χ1) is 8.27. The van der Waals surface area contributed by atoms with Crippen molar-refractivity contribution in [2.24, 2.45) is 0 Å². The van der Waals surface area contributed by atoms with Crippen LogP contribution < -0.4 is 5.32 Å². The highest BCUT2D eigenvalue weighted by atomic mass is 15.3. The first kappa shape index (κ1) is 11.3. The molecule has 2 aliphatic rings. The number of nitrogens with zero attached hydrogens (tertiary/aromatic N) is 2. The second kappa shape index (κ2) is 4.45. The van der Waals surface area contributed by atoms with E-state index in [1.54, 1.807) is 5.56 Å². The zero-order valence-corrected chi connectivity index (χ0v) is 11.0. The molecule has 2 heterocycles. The number of hydrogen-bond donors (Lipinski definition) is 1. The molecule has 0 amide bonds. The van der Waals surface area contributed by atoms with E-state index in [0.717, 1.165) is 13.1 Å². The summed E-state index contributed by atoms with van der Waals surface area (Å²) < 4.78 is 2.29. The van der Waals surface area contributed by atoms with Crippen LogP contribution in [0.2, 0.25) is 0 Å². The van der Waals surface area contributed by atoms with Crippen LogP contribution in [0.1, 0.15) is 62.0 Å². The van der Waals surface area contributed by atoms with Crippen molar-refractivity contribution >= 4 is 0 Å². The van der Waals surface area contributed by atoms with E-state index in [2.05, 4.69) is 23.8 Å². The molecule has 0 radical (unpaired) electrons. The van der Waals surface area contributed by atoms with Gasteiger partial charge < -0.3 is 5.32 Å². The van der Waals surface area contributed by atoms with Gasteiger partial charge in [0.25, 0.3) is 0 Å². The maximum atomic E-state index is 4.94. The largest absolute Gasteiger partial charge is 0.317 e. The number of fused-ring (bicyclic) bond motifs is 1. The van der Waals surface area contributed by atoms with Crippen LogP contribution in [0.5, 0.6) is 0 Å². The summed E-state index contributed by atoms with van der Waals surface area (Å²) >= 11 is 0. The van der Waals surface area contributed by atoms with Crippen molar-refractivity contribution in [3.63, 3.8) is 0 Å². The Kier molecular flexibility index (Phi) is 2.95. The van der Waals surface area contributed by atoms with Gasteiger partial charge in [-0.1, -0.05) is 0 Å². The van der Waals surface area contributed by atoms with Gasteiger partial charge in [0.2, 0.25) is 0 Å². The Morgan fingerprint density at radius 2 is 2.00 bits per heavy atom. The van der Waals surface area contributed by atoms with E-state index in [1.807, 2.05) is 0 Å². The Balaban J connectivity index is 1.96. The highest BCUT2D eigenvalue weighted by Gasteiger charge is 2.28. The first-order valence-corrected chi connectivity index (χ1v) is 7.08. The van der Waals surface area contributed by atoms with Crippen LogP contribution in [0.3, 0.4) is 0 Å². The highest BCUT2D eigenvalue weighted by molar-refractivity contribution is 5.33. The number of aromatic nitrogens is 2. The van der Waals surface area contributed by atoms with Gasteiger partial charge in [0.1, 0.15) is 0 Å². The van der Waals surface area contributed by atoms with Gasteiger partial charge in [-0.3, -0.25) is 4.68 Å². The molecule has 3 nitrogen and oxygen atoms in total. The van der Waals surface area contributed by atoms with E-state index in [9.17, 15) is 0 Å². The third-order valence-electron chi connectivity index (χ3n) is 4.20. The lowest BCUT2D eigenvalue weighted by atomic mass is 9.92. The first-order valence-electron chi connectivity index (χ1n) is 7.08. The summed E-state index contributed by atoms with van der Waals surface area (Å²) in [5, 5.41) is 8.39. The van der Waals surface area contributed by atoms with Gasteiger partial charge in [0.05, 0.1) is 5.69 Å². The van der Waals surface area contributed by atoms with Gasteiger partial charge in [-0.05, 0) is 64.6 Å². The van der Waals surface area contributed by atoms with Crippen molar-refractivity contribution in [1.82, 2.24) is 15.1 Å². The van der Waals surface area contributed by atoms with Crippen LogP contribution >= 0.6 is 0 Å². The Hall–Kier alpha value is -0.830. The van der Waals surface area contributed by atoms with E-state index in [-0.39, 0.29) is 0 Å². The smallest absolute Gasteiger partial charge is 0.0691 e. The maximum absolute atomic E-state index is 4.94. The molecule has 0 spiro atoms. The normalized spacial score (nSPS) is 21.1. The fourth-order valence-corrected chi connectivity index (χ4v) is 3.34. The molecule has 1 fully saturated rings. The summed E-state index contributed by atoms with van der Waals surface area (Å²) in [5.74, 6) is 0.711. The van der Waals surface area contributed by atoms with E-state index >= 15 is 0 Å². The molecule has 1 aliphatic carbocycles. The van der Waals surface area contributed by atoms with E-state index < -0.39 is 0 Å². The molecule has 1 aliphatic heterocycles. The predicted octanol–water partition coefficient (Wildman–Crippen LogP) is 2.42. The average molecular weight is 233 g/mol. The fourth-order valence-electron chi connectivity index (χ4n) is 3.34. The van der Waals surface area contributed by atoms with Crippen molar-refractivity contribution in [2.45, 2.75) is 57.9 Å². The molecule has 3 heteroatoms. The maximum Gasteiger partial charge on any atom is 0.0691 e. The summed E-state index contributed by atoms with van der Waals surface area (Å²) in [4.78, 5) is 0. The van der Waals surface area contributed by atoms with E-state index in [1.165, 1.54) is 43.5 Å². The Labute approximate surface area is 104 Å². The van der Waals surface area contributed by atoms with Crippen molar-refractivity contribution in [3.8, 4) is 0 Å². The third kappa shape index (κ3) is 1.90. The summed E-state index contributed by atoms with van der Waals surface area (Å²) in [7, 11) is 0. The van der Waals surface area contributed by atoms with Crippen LogP contribution in [0.15, 0.2) is 0 Å². The molecule has 0 saturated carbocycles. The molecule has 94 valence electrons. The Bertz CT molecular complexity index is 400. The van der Waals surface area contributed by atoms with Gasteiger partial charge in [0, 0.05) is 17.7 Å². The van der Waals surface area contributed by atoms with Crippen molar-refractivity contribution in [3.05, 3.63) is 17.0 Å².